The van der Waals surface area contributed by atoms with Crippen molar-refractivity contribution in [2.75, 3.05) is 0 Å². The van der Waals surface area contributed by atoms with Crippen molar-refractivity contribution in [3.8, 4) is 11.1 Å². The van der Waals surface area contributed by atoms with Gasteiger partial charge in [-0.3, -0.25) is 9.59 Å². The molecule has 2 aromatic rings. The van der Waals surface area contributed by atoms with Crippen LogP contribution < -0.4 is 5.73 Å². The minimum atomic E-state index is -1.54. The molecule has 0 fully saturated rings. The number of nitrogens with two attached hydrogens (primary N) is 1. The Kier molecular flexibility index (Phi) is 3.19. The van der Waals surface area contributed by atoms with Gasteiger partial charge in [0.05, 0.1) is 5.56 Å². The van der Waals surface area contributed by atoms with E-state index in [0.717, 1.165) is 0 Å². The number of hydrogen-bond donors (Lipinski definition) is 1. The van der Waals surface area contributed by atoms with Gasteiger partial charge >= 0.3 is 6.04 Å². The lowest BCUT2D eigenvalue weighted by molar-refractivity contribution is 0.0835. The zero-order valence-corrected chi connectivity index (χ0v) is 9.39. The molecule has 0 aliphatic heterocycles. The second kappa shape index (κ2) is 4.79. The maximum absolute atomic E-state index is 12.7. The first-order valence-electron chi connectivity index (χ1n) is 5.28. The van der Waals surface area contributed by atoms with Gasteiger partial charge in [-0.25, -0.2) is 0 Å². The lowest BCUT2D eigenvalue weighted by Gasteiger charge is -2.07. The van der Waals surface area contributed by atoms with Gasteiger partial charge in [0.2, 0.25) is 5.91 Å². The fraction of sp³-hybridized carbons (Fsp3) is 0. The van der Waals surface area contributed by atoms with Crippen LogP contribution in [0.5, 0.6) is 0 Å². The molecular weight excluding hydrogens is 233 g/mol. The zero-order chi connectivity index (χ0) is 13.1. The molecule has 0 saturated heterocycles. The van der Waals surface area contributed by atoms with Crippen molar-refractivity contribution in [3.05, 3.63) is 59.7 Å². The van der Waals surface area contributed by atoms with Crippen molar-refractivity contribution in [3.63, 3.8) is 0 Å². The molecular formula is C14H10FNO2. The normalized spacial score (nSPS) is 10.1. The molecule has 2 N–H and O–H groups in total. The van der Waals surface area contributed by atoms with E-state index in [2.05, 4.69) is 0 Å². The summed E-state index contributed by atoms with van der Waals surface area (Å²) in [5, 5.41) is 0. The Bertz CT molecular complexity index is 608. The fourth-order valence-electron chi connectivity index (χ4n) is 1.74. The van der Waals surface area contributed by atoms with Crippen molar-refractivity contribution in [2.24, 2.45) is 5.73 Å². The summed E-state index contributed by atoms with van der Waals surface area (Å²) < 4.78 is 12.7. The summed E-state index contributed by atoms with van der Waals surface area (Å²) in [6.45, 7) is 0. The molecule has 0 radical (unpaired) electrons. The molecule has 0 spiro atoms. The molecule has 18 heavy (non-hydrogen) atoms. The van der Waals surface area contributed by atoms with E-state index in [1.54, 1.807) is 24.3 Å². The van der Waals surface area contributed by atoms with E-state index in [1.807, 2.05) is 6.07 Å². The Morgan fingerprint density at radius 3 is 2.22 bits per heavy atom. The van der Waals surface area contributed by atoms with E-state index in [-0.39, 0.29) is 11.1 Å². The van der Waals surface area contributed by atoms with E-state index in [9.17, 15) is 14.0 Å². The van der Waals surface area contributed by atoms with Gasteiger partial charge in [0.1, 0.15) is 0 Å². The molecule has 0 bridgehead atoms. The monoisotopic (exact) mass is 243 g/mol. The van der Waals surface area contributed by atoms with Crippen LogP contribution in [-0.4, -0.2) is 11.9 Å². The number of hydrogen-bond acceptors (Lipinski definition) is 2. The molecule has 2 rings (SSSR count). The molecule has 0 aliphatic carbocycles. The maximum Gasteiger partial charge on any atom is 0.332 e. The van der Waals surface area contributed by atoms with Crippen molar-refractivity contribution < 1.29 is 14.0 Å². The molecule has 0 saturated carbocycles. The molecule has 4 heteroatoms. The zero-order valence-electron chi connectivity index (χ0n) is 9.39. The van der Waals surface area contributed by atoms with E-state index in [4.69, 9.17) is 5.73 Å². The minimum absolute atomic E-state index is 0.0983. The van der Waals surface area contributed by atoms with Gasteiger partial charge < -0.3 is 5.73 Å². The third kappa shape index (κ3) is 2.27. The molecule has 1 amide bonds. The average molecular weight is 243 g/mol. The molecule has 0 aliphatic rings. The van der Waals surface area contributed by atoms with E-state index >= 15 is 0 Å². The highest BCUT2D eigenvalue weighted by atomic mass is 19.1. The summed E-state index contributed by atoms with van der Waals surface area (Å²) in [5.41, 5.74) is 6.57. The Morgan fingerprint density at radius 2 is 1.67 bits per heavy atom. The SMILES string of the molecule is NC(=O)c1ccc(C(=O)F)cc1-c1ccccc1. The number of halogens is 1. The maximum atomic E-state index is 12.7. The van der Waals surface area contributed by atoms with Gasteiger partial charge in [-0.2, -0.15) is 4.39 Å². The molecule has 0 atom stereocenters. The summed E-state index contributed by atoms with van der Waals surface area (Å²) in [6, 6.07) is 11.3. The summed E-state index contributed by atoms with van der Waals surface area (Å²) >= 11 is 0. The Balaban J connectivity index is 2.65. The average Bonchev–Trinajstić information content (AvgIpc) is 2.39. The Hall–Kier alpha value is -2.49. The third-order valence-corrected chi connectivity index (χ3v) is 2.60. The number of carbonyl (C=O) groups is 2. The largest absolute Gasteiger partial charge is 0.366 e. The van der Waals surface area contributed by atoms with Crippen molar-refractivity contribution >= 4 is 11.9 Å². The highest BCUT2D eigenvalue weighted by Gasteiger charge is 2.13. The topological polar surface area (TPSA) is 60.2 Å². The number of carbonyl (C=O) groups excluding carboxylic acids is 2. The lowest BCUT2D eigenvalue weighted by Crippen LogP contribution is -2.12. The van der Waals surface area contributed by atoms with Crippen LogP contribution in [0.3, 0.4) is 0 Å². The van der Waals surface area contributed by atoms with Crippen LogP contribution in [0.4, 0.5) is 4.39 Å². The fourth-order valence-corrected chi connectivity index (χ4v) is 1.74. The second-order valence-electron chi connectivity index (χ2n) is 3.76. The van der Waals surface area contributed by atoms with Crippen LogP contribution >= 0.6 is 0 Å². The van der Waals surface area contributed by atoms with Gasteiger partial charge in [0, 0.05) is 5.56 Å². The first-order chi connectivity index (χ1) is 8.59. The molecule has 90 valence electrons. The van der Waals surface area contributed by atoms with E-state index in [1.165, 1.54) is 18.2 Å². The molecule has 0 aromatic heterocycles. The van der Waals surface area contributed by atoms with Crippen LogP contribution in [0.1, 0.15) is 20.7 Å². The molecule has 0 unspecified atom stereocenters. The van der Waals surface area contributed by atoms with E-state index in [0.29, 0.717) is 11.1 Å². The predicted octanol–water partition coefficient (Wildman–Crippen LogP) is 2.56. The highest BCUT2D eigenvalue weighted by molar-refractivity contribution is 6.02. The Labute approximate surface area is 103 Å². The summed E-state index contributed by atoms with van der Waals surface area (Å²) in [7, 11) is 0. The second-order valence-corrected chi connectivity index (χ2v) is 3.76. The van der Waals surface area contributed by atoms with Crippen molar-refractivity contribution in [1.82, 2.24) is 0 Å². The van der Waals surface area contributed by atoms with Crippen molar-refractivity contribution in [2.45, 2.75) is 0 Å². The first kappa shape index (κ1) is 12.0. The summed E-state index contributed by atoms with van der Waals surface area (Å²) in [5.74, 6) is -0.619. The van der Waals surface area contributed by atoms with Gasteiger partial charge in [0.25, 0.3) is 0 Å². The van der Waals surface area contributed by atoms with Gasteiger partial charge in [0.15, 0.2) is 0 Å². The quantitative estimate of drug-likeness (QED) is 0.842. The predicted molar refractivity (Wildman–Crippen MR) is 65.8 cm³/mol. The van der Waals surface area contributed by atoms with E-state index < -0.39 is 11.9 Å². The number of primary amides is 1. The minimum Gasteiger partial charge on any atom is -0.366 e. The van der Waals surface area contributed by atoms with Crippen LogP contribution in [0.25, 0.3) is 11.1 Å². The Morgan fingerprint density at radius 1 is 1.00 bits per heavy atom. The lowest BCUT2D eigenvalue weighted by atomic mass is 9.97. The standard InChI is InChI=1S/C14H10FNO2/c15-13(17)10-6-7-11(14(16)18)12(8-10)9-4-2-1-3-5-9/h1-8H,(H2,16,18). The van der Waals surface area contributed by atoms with Crippen LogP contribution in [0, 0.1) is 0 Å². The third-order valence-electron chi connectivity index (χ3n) is 2.60. The number of amides is 1. The van der Waals surface area contributed by atoms with Crippen LogP contribution in [0.2, 0.25) is 0 Å². The van der Waals surface area contributed by atoms with Gasteiger partial charge in [-0.05, 0) is 29.3 Å². The summed E-state index contributed by atoms with van der Waals surface area (Å²) in [6.07, 6.45) is 0. The first-order valence-corrected chi connectivity index (χ1v) is 5.28. The van der Waals surface area contributed by atoms with Crippen molar-refractivity contribution in [1.29, 1.82) is 0 Å². The highest BCUT2D eigenvalue weighted by Crippen LogP contribution is 2.25. The molecule has 2 aromatic carbocycles. The smallest absolute Gasteiger partial charge is 0.332 e. The summed E-state index contributed by atoms with van der Waals surface area (Å²) in [4.78, 5) is 22.0. The molecule has 3 nitrogen and oxygen atoms in total. The number of rotatable bonds is 3. The van der Waals surface area contributed by atoms with Crippen LogP contribution in [-0.2, 0) is 0 Å². The number of benzene rings is 2. The molecule has 0 heterocycles. The van der Waals surface area contributed by atoms with Gasteiger partial charge in [-0.15, -0.1) is 0 Å². The van der Waals surface area contributed by atoms with Gasteiger partial charge in [-0.1, -0.05) is 30.3 Å². The van der Waals surface area contributed by atoms with Crippen LogP contribution in [0.15, 0.2) is 48.5 Å².